The van der Waals surface area contributed by atoms with E-state index >= 15 is 0 Å². The van der Waals surface area contributed by atoms with Crippen LogP contribution in [0.4, 0.5) is 0 Å². The van der Waals surface area contributed by atoms with Crippen molar-refractivity contribution in [3.8, 4) is 0 Å². The highest BCUT2D eigenvalue weighted by Crippen LogP contribution is 2.13. The summed E-state index contributed by atoms with van der Waals surface area (Å²) >= 11 is 0. The first-order valence-electron chi connectivity index (χ1n) is 12.9. The zero-order chi connectivity index (χ0) is 24.8. The lowest BCUT2D eigenvalue weighted by molar-refractivity contribution is -0.928. The Morgan fingerprint density at radius 2 is 0.594 bits per heavy atom. The van der Waals surface area contributed by atoms with Crippen LogP contribution in [0.2, 0.25) is 0 Å². The first-order chi connectivity index (χ1) is 14.5. The van der Waals surface area contributed by atoms with Crippen LogP contribution in [0.5, 0.6) is 0 Å². The number of rotatable bonds is 16. The average molecular weight is 550 g/mol. The van der Waals surface area contributed by atoms with Gasteiger partial charge in [0.15, 0.2) is 0 Å². The molecular formula is C24H57BrN2O4S. The van der Waals surface area contributed by atoms with Gasteiger partial charge in [-0.2, -0.15) is 0 Å². The van der Waals surface area contributed by atoms with E-state index in [0.29, 0.717) is 0 Å². The molecule has 0 amide bonds. The predicted molar refractivity (Wildman–Crippen MR) is 134 cm³/mol. The van der Waals surface area contributed by atoms with Crippen molar-refractivity contribution in [1.29, 1.82) is 0 Å². The number of halogens is 1. The van der Waals surface area contributed by atoms with Crippen molar-refractivity contribution in [3.63, 3.8) is 0 Å². The third kappa shape index (κ3) is 24.9. The Hall–Kier alpha value is 0.270. The smallest absolute Gasteiger partial charge is 0.215 e. The SMILES string of the molecule is CCC[N+](CCC)(CCC)CCC.CCC[N+](CCC)(CCC)CCC.O=S(=O)([O-])O.[Br-]. The van der Waals surface area contributed by atoms with Crippen LogP contribution in [0.15, 0.2) is 0 Å². The van der Waals surface area contributed by atoms with E-state index in [0.717, 1.165) is 0 Å². The molecule has 0 saturated carbocycles. The van der Waals surface area contributed by atoms with Crippen LogP contribution >= 0.6 is 0 Å². The Balaban J connectivity index is -0.000000198. The van der Waals surface area contributed by atoms with Crippen LogP contribution in [-0.2, 0) is 10.4 Å². The van der Waals surface area contributed by atoms with E-state index in [2.05, 4.69) is 55.4 Å². The van der Waals surface area contributed by atoms with Gasteiger partial charge in [0, 0.05) is 0 Å². The summed E-state index contributed by atoms with van der Waals surface area (Å²) in [5.74, 6) is 0. The van der Waals surface area contributed by atoms with Gasteiger partial charge in [0.25, 0.3) is 0 Å². The second kappa shape index (κ2) is 24.4. The summed E-state index contributed by atoms with van der Waals surface area (Å²) in [5.41, 5.74) is 0. The Labute approximate surface area is 212 Å². The van der Waals surface area contributed by atoms with Crippen molar-refractivity contribution in [2.24, 2.45) is 0 Å². The largest absolute Gasteiger partial charge is 1.00 e. The fraction of sp³-hybridized carbons (Fsp3) is 1.00. The molecule has 0 spiro atoms. The molecule has 0 radical (unpaired) electrons. The molecular weight excluding hydrogens is 492 g/mol. The third-order valence-electron chi connectivity index (χ3n) is 5.58. The summed E-state index contributed by atoms with van der Waals surface area (Å²) < 4.78 is 35.6. The third-order valence-corrected chi connectivity index (χ3v) is 5.58. The summed E-state index contributed by atoms with van der Waals surface area (Å²) in [6.45, 7) is 29.6. The lowest BCUT2D eigenvalue weighted by Crippen LogP contribution is -3.00. The predicted octanol–water partition coefficient (Wildman–Crippen LogP) is 2.90. The maximum atomic E-state index is 8.63. The summed E-state index contributed by atoms with van der Waals surface area (Å²) in [6, 6.07) is 0. The van der Waals surface area contributed by atoms with Crippen molar-refractivity contribution in [2.45, 2.75) is 107 Å². The van der Waals surface area contributed by atoms with E-state index in [4.69, 9.17) is 17.5 Å². The van der Waals surface area contributed by atoms with Crippen LogP contribution in [-0.4, -0.2) is 78.8 Å². The van der Waals surface area contributed by atoms with Gasteiger partial charge in [-0.25, -0.2) is 8.42 Å². The second-order valence-electron chi connectivity index (χ2n) is 8.90. The molecule has 0 heterocycles. The number of hydrogen-bond donors (Lipinski definition) is 1. The zero-order valence-electron chi connectivity index (χ0n) is 22.7. The van der Waals surface area contributed by atoms with Gasteiger partial charge >= 0.3 is 0 Å². The fourth-order valence-corrected chi connectivity index (χ4v) is 5.14. The van der Waals surface area contributed by atoms with Crippen molar-refractivity contribution in [2.75, 3.05) is 52.4 Å². The van der Waals surface area contributed by atoms with Gasteiger partial charge in [0.05, 0.1) is 52.4 Å². The minimum atomic E-state index is -4.92. The molecule has 0 rings (SSSR count). The molecule has 0 saturated heterocycles. The maximum Gasteiger partial charge on any atom is 0.215 e. The molecule has 0 aliphatic carbocycles. The van der Waals surface area contributed by atoms with Gasteiger partial charge < -0.3 is 30.5 Å². The first-order valence-corrected chi connectivity index (χ1v) is 14.2. The van der Waals surface area contributed by atoms with E-state index in [-0.39, 0.29) is 17.0 Å². The van der Waals surface area contributed by atoms with Crippen LogP contribution in [0.25, 0.3) is 0 Å². The minimum Gasteiger partial charge on any atom is -1.00 e. The van der Waals surface area contributed by atoms with E-state index in [1.165, 1.54) is 113 Å². The number of nitrogens with zero attached hydrogens (tertiary/aromatic N) is 2. The monoisotopic (exact) mass is 548 g/mol. The van der Waals surface area contributed by atoms with E-state index in [1.54, 1.807) is 0 Å². The van der Waals surface area contributed by atoms with E-state index in [9.17, 15) is 0 Å². The van der Waals surface area contributed by atoms with Crippen LogP contribution in [0.1, 0.15) is 107 Å². The number of quaternary nitrogens is 2. The van der Waals surface area contributed by atoms with Crippen molar-refractivity contribution in [1.82, 2.24) is 0 Å². The fourth-order valence-electron chi connectivity index (χ4n) is 5.14. The molecule has 1 N–H and O–H groups in total. The maximum absolute atomic E-state index is 8.63. The highest BCUT2D eigenvalue weighted by molar-refractivity contribution is 7.79. The lowest BCUT2D eigenvalue weighted by Gasteiger charge is -2.38. The summed E-state index contributed by atoms with van der Waals surface area (Å²) in [6.07, 6.45) is 10.7. The molecule has 32 heavy (non-hydrogen) atoms. The van der Waals surface area contributed by atoms with Gasteiger partial charge in [0.1, 0.15) is 0 Å². The molecule has 0 unspecified atom stereocenters. The standard InChI is InChI=1S/2C12H28N.BrH.H2O4S/c2*1-5-9-13(10-6-2,11-7-3)12-8-4;;1-5(2,3)4/h2*5-12H2,1-4H3;1H;(H2,1,2,3,4)/q2*+1;;/p-2. The van der Waals surface area contributed by atoms with Gasteiger partial charge in [0.2, 0.25) is 10.4 Å². The molecule has 0 aromatic heterocycles. The number of hydrogen-bond acceptors (Lipinski definition) is 3. The van der Waals surface area contributed by atoms with Gasteiger partial charge in [-0.05, 0) is 51.4 Å². The summed E-state index contributed by atoms with van der Waals surface area (Å²) in [7, 11) is -4.92. The van der Waals surface area contributed by atoms with Crippen LogP contribution in [0, 0.1) is 0 Å². The second-order valence-corrected chi connectivity index (χ2v) is 9.76. The van der Waals surface area contributed by atoms with Crippen molar-refractivity contribution >= 4 is 10.4 Å². The van der Waals surface area contributed by atoms with Crippen molar-refractivity contribution in [3.05, 3.63) is 0 Å². The highest BCUT2D eigenvalue weighted by atomic mass is 79.9. The Morgan fingerprint density at radius 3 is 0.656 bits per heavy atom. The molecule has 8 heteroatoms. The molecule has 6 nitrogen and oxygen atoms in total. The molecule has 0 fully saturated rings. The Morgan fingerprint density at radius 1 is 0.500 bits per heavy atom. The van der Waals surface area contributed by atoms with Gasteiger partial charge in [-0.3, -0.25) is 4.55 Å². The minimum absolute atomic E-state index is 0. The topological polar surface area (TPSA) is 77.4 Å². The van der Waals surface area contributed by atoms with Gasteiger partial charge in [-0.15, -0.1) is 0 Å². The lowest BCUT2D eigenvalue weighted by atomic mass is 10.2. The molecule has 0 aliphatic rings. The Kier molecular flexibility index (Phi) is 30.1. The first kappa shape index (κ1) is 39.5. The molecule has 0 aromatic carbocycles. The van der Waals surface area contributed by atoms with Gasteiger partial charge in [-0.1, -0.05) is 55.4 Å². The molecule has 0 atom stereocenters. The van der Waals surface area contributed by atoms with Crippen LogP contribution < -0.4 is 17.0 Å². The normalized spacial score (nSPS) is 11.6. The average Bonchev–Trinajstić information content (AvgIpc) is 2.63. The summed E-state index contributed by atoms with van der Waals surface area (Å²) in [5, 5.41) is 0. The van der Waals surface area contributed by atoms with E-state index in [1.807, 2.05) is 0 Å². The summed E-state index contributed by atoms with van der Waals surface area (Å²) in [4.78, 5) is 0. The molecule has 200 valence electrons. The quantitative estimate of drug-likeness (QED) is 0.183. The Bertz CT molecular complexity index is 382. The molecule has 0 aliphatic heterocycles. The molecule has 0 bridgehead atoms. The van der Waals surface area contributed by atoms with Crippen molar-refractivity contribution < 1.29 is 43.5 Å². The highest BCUT2D eigenvalue weighted by Gasteiger charge is 2.23. The molecule has 0 aromatic rings. The van der Waals surface area contributed by atoms with Crippen LogP contribution in [0.3, 0.4) is 0 Å². The van der Waals surface area contributed by atoms with E-state index < -0.39 is 10.4 Å². The zero-order valence-corrected chi connectivity index (χ0v) is 25.1.